The average Bonchev–Trinajstić information content (AvgIpc) is 2.59. The lowest BCUT2D eigenvalue weighted by atomic mass is 10.3. The van der Waals surface area contributed by atoms with Crippen LogP contribution in [-0.2, 0) is 18.9 Å². The maximum absolute atomic E-state index is 10.5. The first-order chi connectivity index (χ1) is 11.7. The summed E-state index contributed by atoms with van der Waals surface area (Å²) >= 11 is 0. The molecule has 0 saturated heterocycles. The molecule has 0 amide bonds. The van der Waals surface area contributed by atoms with Crippen molar-refractivity contribution in [3.8, 4) is 5.75 Å². The van der Waals surface area contributed by atoms with Gasteiger partial charge in [0.25, 0.3) is 5.69 Å². The van der Waals surface area contributed by atoms with Crippen molar-refractivity contribution in [1.82, 2.24) is 0 Å². The summed E-state index contributed by atoms with van der Waals surface area (Å²) in [4.78, 5) is 10.1. The number of benzene rings is 1. The van der Waals surface area contributed by atoms with E-state index >= 15 is 0 Å². The van der Waals surface area contributed by atoms with Crippen LogP contribution in [0.25, 0.3) is 0 Å². The van der Waals surface area contributed by atoms with Crippen molar-refractivity contribution in [2.24, 2.45) is 0 Å². The van der Waals surface area contributed by atoms with Gasteiger partial charge in [-0.2, -0.15) is 0 Å². The average molecular weight is 343 g/mol. The minimum atomic E-state index is -0.448. The highest BCUT2D eigenvalue weighted by molar-refractivity contribution is 5.35. The van der Waals surface area contributed by atoms with Crippen LogP contribution < -0.4 is 4.74 Å². The Labute approximate surface area is 141 Å². The number of non-ortho nitro benzene ring substituents is 1. The second kappa shape index (κ2) is 13.7. The summed E-state index contributed by atoms with van der Waals surface area (Å²) in [5.74, 6) is 0.574. The predicted molar refractivity (Wildman–Crippen MR) is 87.5 cm³/mol. The number of ether oxygens (including phenoxy) is 5. The van der Waals surface area contributed by atoms with Crippen molar-refractivity contribution < 1.29 is 28.6 Å². The van der Waals surface area contributed by atoms with Gasteiger partial charge in [0.2, 0.25) is 0 Å². The predicted octanol–water partition coefficient (Wildman–Crippen LogP) is 2.06. The maximum Gasteiger partial charge on any atom is 0.269 e. The molecule has 1 aromatic rings. The van der Waals surface area contributed by atoms with Gasteiger partial charge in [0.05, 0.1) is 51.2 Å². The zero-order valence-corrected chi connectivity index (χ0v) is 14.0. The van der Waals surface area contributed by atoms with E-state index in [1.807, 2.05) is 6.92 Å². The fourth-order valence-electron chi connectivity index (χ4n) is 1.69. The van der Waals surface area contributed by atoms with E-state index in [-0.39, 0.29) is 5.69 Å². The molecule has 0 aliphatic rings. The Morgan fingerprint density at radius 3 is 1.71 bits per heavy atom. The molecule has 0 atom stereocenters. The fourth-order valence-corrected chi connectivity index (χ4v) is 1.69. The summed E-state index contributed by atoms with van der Waals surface area (Å²) in [6.07, 6.45) is 0. The van der Waals surface area contributed by atoms with E-state index in [0.29, 0.717) is 65.2 Å². The van der Waals surface area contributed by atoms with Gasteiger partial charge >= 0.3 is 0 Å². The molecule has 0 radical (unpaired) electrons. The van der Waals surface area contributed by atoms with Crippen LogP contribution in [0.4, 0.5) is 5.69 Å². The summed E-state index contributed by atoms with van der Waals surface area (Å²) in [6.45, 7) is 6.65. The molecule has 0 N–H and O–H groups in total. The second-order valence-corrected chi connectivity index (χ2v) is 4.63. The Balaban J connectivity index is 1.87. The third kappa shape index (κ3) is 10.1. The molecule has 136 valence electrons. The van der Waals surface area contributed by atoms with Gasteiger partial charge in [0.1, 0.15) is 12.4 Å². The Bertz CT molecular complexity index is 439. The van der Waals surface area contributed by atoms with E-state index in [0.717, 1.165) is 0 Å². The first-order valence-electron chi connectivity index (χ1n) is 7.92. The lowest BCUT2D eigenvalue weighted by Gasteiger charge is -2.08. The summed E-state index contributed by atoms with van der Waals surface area (Å²) in [5.41, 5.74) is 0.0395. The van der Waals surface area contributed by atoms with Crippen molar-refractivity contribution in [3.63, 3.8) is 0 Å². The van der Waals surface area contributed by atoms with Crippen molar-refractivity contribution in [1.29, 1.82) is 0 Å². The summed E-state index contributed by atoms with van der Waals surface area (Å²) < 4.78 is 26.6. The van der Waals surface area contributed by atoms with Crippen LogP contribution in [-0.4, -0.2) is 64.4 Å². The van der Waals surface area contributed by atoms with Gasteiger partial charge in [-0.25, -0.2) is 0 Å². The van der Waals surface area contributed by atoms with E-state index in [1.165, 1.54) is 12.1 Å². The van der Waals surface area contributed by atoms with E-state index in [4.69, 9.17) is 23.7 Å². The van der Waals surface area contributed by atoms with Gasteiger partial charge in [-0.05, 0) is 19.1 Å². The quantitative estimate of drug-likeness (QED) is 0.273. The Morgan fingerprint density at radius 2 is 1.25 bits per heavy atom. The van der Waals surface area contributed by atoms with Crippen molar-refractivity contribution in [2.45, 2.75) is 6.92 Å². The van der Waals surface area contributed by atoms with Crippen molar-refractivity contribution in [2.75, 3.05) is 59.5 Å². The van der Waals surface area contributed by atoms with Crippen molar-refractivity contribution in [3.05, 3.63) is 34.4 Å². The number of rotatable bonds is 15. The zero-order chi connectivity index (χ0) is 17.5. The molecule has 1 aromatic carbocycles. The molecule has 0 saturated carbocycles. The number of nitro groups is 1. The molecule has 0 unspecified atom stereocenters. The molecule has 0 aromatic heterocycles. The van der Waals surface area contributed by atoms with Crippen LogP contribution in [0.2, 0.25) is 0 Å². The largest absolute Gasteiger partial charge is 0.491 e. The van der Waals surface area contributed by atoms with Gasteiger partial charge in [0, 0.05) is 18.7 Å². The molecule has 8 nitrogen and oxygen atoms in total. The molecular formula is C16H25NO7. The Morgan fingerprint density at radius 1 is 0.792 bits per heavy atom. The molecular weight excluding hydrogens is 318 g/mol. The van der Waals surface area contributed by atoms with Crippen LogP contribution in [0.15, 0.2) is 24.3 Å². The van der Waals surface area contributed by atoms with E-state index in [1.54, 1.807) is 12.1 Å². The SMILES string of the molecule is CCOCCOCCOCCOCCOc1ccc([N+](=O)[O-])cc1. The summed E-state index contributed by atoms with van der Waals surface area (Å²) in [6, 6.07) is 5.93. The Hall–Kier alpha value is -1.74. The molecule has 24 heavy (non-hydrogen) atoms. The summed E-state index contributed by atoms with van der Waals surface area (Å²) in [7, 11) is 0. The maximum atomic E-state index is 10.5. The van der Waals surface area contributed by atoms with Crippen LogP contribution >= 0.6 is 0 Å². The van der Waals surface area contributed by atoms with Crippen molar-refractivity contribution >= 4 is 5.69 Å². The molecule has 0 fully saturated rings. The number of nitro benzene ring substituents is 1. The first kappa shape index (κ1) is 20.3. The van der Waals surface area contributed by atoms with E-state index < -0.39 is 4.92 Å². The molecule has 0 bridgehead atoms. The Kier molecular flexibility index (Phi) is 11.6. The number of hydrogen-bond donors (Lipinski definition) is 0. The standard InChI is InChI=1S/C16H25NO7/c1-2-20-7-8-21-9-10-22-11-12-23-13-14-24-16-5-3-15(4-6-16)17(18)19/h3-6H,2,7-14H2,1H3. The van der Waals surface area contributed by atoms with E-state index in [2.05, 4.69) is 0 Å². The minimum Gasteiger partial charge on any atom is -0.491 e. The number of hydrogen-bond acceptors (Lipinski definition) is 7. The van der Waals surface area contributed by atoms with E-state index in [9.17, 15) is 10.1 Å². The zero-order valence-electron chi connectivity index (χ0n) is 14.0. The summed E-state index contributed by atoms with van der Waals surface area (Å²) in [5, 5.41) is 10.5. The highest BCUT2D eigenvalue weighted by Crippen LogP contribution is 2.16. The van der Waals surface area contributed by atoms with Crippen LogP contribution in [0, 0.1) is 10.1 Å². The van der Waals surface area contributed by atoms with Gasteiger partial charge in [-0.15, -0.1) is 0 Å². The molecule has 0 heterocycles. The van der Waals surface area contributed by atoms with Crippen LogP contribution in [0.5, 0.6) is 5.75 Å². The van der Waals surface area contributed by atoms with Crippen LogP contribution in [0.3, 0.4) is 0 Å². The van der Waals surface area contributed by atoms with Crippen LogP contribution in [0.1, 0.15) is 6.92 Å². The fraction of sp³-hybridized carbons (Fsp3) is 0.625. The van der Waals surface area contributed by atoms with Gasteiger partial charge in [-0.3, -0.25) is 10.1 Å². The van der Waals surface area contributed by atoms with Gasteiger partial charge in [0.15, 0.2) is 0 Å². The van der Waals surface area contributed by atoms with Gasteiger partial charge < -0.3 is 23.7 Å². The second-order valence-electron chi connectivity index (χ2n) is 4.63. The topological polar surface area (TPSA) is 89.3 Å². The molecule has 8 heteroatoms. The normalized spacial score (nSPS) is 10.7. The molecule has 1 rings (SSSR count). The monoisotopic (exact) mass is 343 g/mol. The van der Waals surface area contributed by atoms with Gasteiger partial charge in [-0.1, -0.05) is 0 Å². The molecule has 0 aliphatic carbocycles. The molecule has 0 aliphatic heterocycles. The molecule has 0 spiro atoms. The highest BCUT2D eigenvalue weighted by atomic mass is 16.6. The third-order valence-corrected chi connectivity index (χ3v) is 2.86. The lowest BCUT2D eigenvalue weighted by molar-refractivity contribution is -0.384. The number of nitrogens with zero attached hydrogens (tertiary/aromatic N) is 1. The smallest absolute Gasteiger partial charge is 0.269 e. The highest BCUT2D eigenvalue weighted by Gasteiger charge is 2.04. The minimum absolute atomic E-state index is 0.0395. The third-order valence-electron chi connectivity index (χ3n) is 2.86. The first-order valence-corrected chi connectivity index (χ1v) is 7.92. The lowest BCUT2D eigenvalue weighted by Crippen LogP contribution is -2.13.